The van der Waals surface area contributed by atoms with E-state index in [1.54, 1.807) is 0 Å². The van der Waals surface area contributed by atoms with Gasteiger partial charge in [0, 0.05) is 7.11 Å². The molecule has 1 aromatic rings. The third-order valence-corrected chi connectivity index (χ3v) is 4.13. The van der Waals surface area contributed by atoms with Gasteiger partial charge in [0.15, 0.2) is 9.84 Å². The van der Waals surface area contributed by atoms with Crippen LogP contribution in [0.2, 0.25) is 0 Å². The molecule has 2 heterocycles. The highest BCUT2D eigenvalue weighted by atomic mass is 32.2. The van der Waals surface area contributed by atoms with E-state index in [0.717, 1.165) is 0 Å². The van der Waals surface area contributed by atoms with Gasteiger partial charge in [0.25, 0.3) is 0 Å². The average molecular weight is 232 g/mol. The summed E-state index contributed by atoms with van der Waals surface area (Å²) in [6.07, 6.45) is 1.04. The number of rotatable bonds is 2. The van der Waals surface area contributed by atoms with Gasteiger partial charge in [-0.15, -0.1) is 5.10 Å². The van der Waals surface area contributed by atoms with E-state index in [1.807, 2.05) is 0 Å². The molecular weight excluding hydrogens is 220 g/mol. The van der Waals surface area contributed by atoms with Crippen molar-refractivity contribution in [3.63, 3.8) is 0 Å². The number of nitrogens with zero attached hydrogens (tertiary/aromatic N) is 3. The Bertz CT molecular complexity index is 455. The third-order valence-electron chi connectivity index (χ3n) is 2.44. The largest absolute Gasteiger partial charge is 0.378 e. The molecule has 0 saturated carbocycles. The number of hydrogen-bond acceptors (Lipinski definition) is 6. The van der Waals surface area contributed by atoms with Crippen LogP contribution in [0.3, 0.4) is 0 Å². The highest BCUT2D eigenvalue weighted by Gasteiger charge is 2.39. The van der Waals surface area contributed by atoms with Crippen molar-refractivity contribution in [2.45, 2.75) is 12.1 Å². The molecule has 0 radical (unpaired) electrons. The fourth-order valence-corrected chi connectivity index (χ4v) is 3.60. The fraction of sp³-hybridized carbons (Fsp3) is 0.714. The summed E-state index contributed by atoms with van der Waals surface area (Å²) >= 11 is 0. The SMILES string of the molecule is COC1CS(=O)(=O)CC1n1cnc(N)n1. The Labute approximate surface area is 87.2 Å². The van der Waals surface area contributed by atoms with Crippen molar-refractivity contribution in [3.8, 4) is 0 Å². The van der Waals surface area contributed by atoms with Gasteiger partial charge in [-0.1, -0.05) is 0 Å². The summed E-state index contributed by atoms with van der Waals surface area (Å²) in [6, 6.07) is -0.329. The molecule has 1 fully saturated rings. The first kappa shape index (κ1) is 10.4. The van der Waals surface area contributed by atoms with Crippen molar-refractivity contribution in [2.75, 3.05) is 24.3 Å². The lowest BCUT2D eigenvalue weighted by Crippen LogP contribution is -2.24. The lowest BCUT2D eigenvalue weighted by molar-refractivity contribution is 0.0844. The van der Waals surface area contributed by atoms with Gasteiger partial charge in [0.2, 0.25) is 5.95 Å². The van der Waals surface area contributed by atoms with Gasteiger partial charge < -0.3 is 10.5 Å². The highest BCUT2D eigenvalue weighted by molar-refractivity contribution is 7.91. The van der Waals surface area contributed by atoms with Crippen molar-refractivity contribution in [2.24, 2.45) is 0 Å². The number of nitrogens with two attached hydrogens (primary N) is 1. The summed E-state index contributed by atoms with van der Waals surface area (Å²) in [5.74, 6) is 0.177. The van der Waals surface area contributed by atoms with Crippen LogP contribution in [0, 0.1) is 0 Å². The normalized spacial score (nSPS) is 29.4. The van der Waals surface area contributed by atoms with Gasteiger partial charge in [-0.3, -0.25) is 0 Å². The van der Waals surface area contributed by atoms with Gasteiger partial charge in [-0.2, -0.15) is 0 Å². The number of methoxy groups -OCH3 is 1. The van der Waals surface area contributed by atoms with E-state index in [4.69, 9.17) is 10.5 Å². The van der Waals surface area contributed by atoms with E-state index in [2.05, 4.69) is 10.1 Å². The molecule has 2 unspecified atom stereocenters. The summed E-state index contributed by atoms with van der Waals surface area (Å²) < 4.78 is 29.4. The van der Waals surface area contributed by atoms with Crippen LogP contribution in [0.4, 0.5) is 5.95 Å². The van der Waals surface area contributed by atoms with Gasteiger partial charge in [-0.05, 0) is 0 Å². The molecule has 1 saturated heterocycles. The van der Waals surface area contributed by atoms with Crippen LogP contribution in [0.25, 0.3) is 0 Å². The predicted octanol–water partition coefficient (Wildman–Crippen LogP) is -1.16. The molecule has 2 N–H and O–H groups in total. The topological polar surface area (TPSA) is 100 Å². The van der Waals surface area contributed by atoms with E-state index >= 15 is 0 Å². The Morgan fingerprint density at radius 1 is 1.60 bits per heavy atom. The van der Waals surface area contributed by atoms with Gasteiger partial charge in [0.05, 0.1) is 23.7 Å². The Hall–Kier alpha value is -1.15. The zero-order chi connectivity index (χ0) is 11.1. The van der Waals surface area contributed by atoms with Gasteiger partial charge in [0.1, 0.15) is 6.33 Å². The first-order valence-corrected chi connectivity index (χ1v) is 6.24. The molecule has 7 nitrogen and oxygen atoms in total. The van der Waals surface area contributed by atoms with E-state index in [1.165, 1.54) is 18.1 Å². The molecule has 0 aromatic carbocycles. The summed E-state index contributed by atoms with van der Waals surface area (Å²) in [5, 5.41) is 3.90. The summed E-state index contributed by atoms with van der Waals surface area (Å²) in [7, 11) is -1.57. The van der Waals surface area contributed by atoms with Crippen LogP contribution in [0.15, 0.2) is 6.33 Å². The van der Waals surface area contributed by atoms with Crippen LogP contribution >= 0.6 is 0 Å². The minimum atomic E-state index is -3.05. The molecule has 2 rings (SSSR count). The molecule has 0 amide bonds. The zero-order valence-electron chi connectivity index (χ0n) is 8.20. The summed E-state index contributed by atoms with van der Waals surface area (Å²) in [5.41, 5.74) is 5.37. The molecule has 1 aliphatic rings. The maximum Gasteiger partial charge on any atom is 0.239 e. The molecule has 1 aliphatic heterocycles. The van der Waals surface area contributed by atoms with E-state index < -0.39 is 9.84 Å². The number of anilines is 1. The Morgan fingerprint density at radius 2 is 2.33 bits per heavy atom. The number of hydrogen-bond donors (Lipinski definition) is 1. The minimum absolute atomic E-state index is 0.0218. The number of ether oxygens (including phenoxy) is 1. The Balaban J connectivity index is 2.29. The molecule has 0 spiro atoms. The molecule has 15 heavy (non-hydrogen) atoms. The van der Waals surface area contributed by atoms with E-state index in [-0.39, 0.29) is 29.6 Å². The number of sulfone groups is 1. The third kappa shape index (κ3) is 1.95. The first-order chi connectivity index (χ1) is 7.02. The molecule has 2 atom stereocenters. The van der Waals surface area contributed by atoms with Crippen molar-refractivity contribution >= 4 is 15.8 Å². The molecule has 84 valence electrons. The van der Waals surface area contributed by atoms with E-state index in [0.29, 0.717) is 0 Å². The summed E-state index contributed by atoms with van der Waals surface area (Å²) in [6.45, 7) is 0. The molecule has 0 aliphatic carbocycles. The van der Waals surface area contributed by atoms with Crippen molar-refractivity contribution in [3.05, 3.63) is 6.33 Å². The second-order valence-electron chi connectivity index (χ2n) is 3.50. The molecule has 0 bridgehead atoms. The lowest BCUT2D eigenvalue weighted by atomic mass is 10.2. The van der Waals surface area contributed by atoms with Crippen LogP contribution in [0.1, 0.15) is 6.04 Å². The quantitative estimate of drug-likeness (QED) is 0.690. The maximum atomic E-state index is 11.4. The second-order valence-corrected chi connectivity index (χ2v) is 5.65. The maximum absolute atomic E-state index is 11.4. The predicted molar refractivity (Wildman–Crippen MR) is 52.9 cm³/mol. The Morgan fingerprint density at radius 3 is 2.87 bits per heavy atom. The van der Waals surface area contributed by atoms with Gasteiger partial charge >= 0.3 is 0 Å². The molecule has 1 aromatic heterocycles. The average Bonchev–Trinajstić information content (AvgIpc) is 2.69. The smallest absolute Gasteiger partial charge is 0.239 e. The highest BCUT2D eigenvalue weighted by Crippen LogP contribution is 2.25. The lowest BCUT2D eigenvalue weighted by Gasteiger charge is -2.15. The zero-order valence-corrected chi connectivity index (χ0v) is 9.01. The van der Waals surface area contributed by atoms with Crippen molar-refractivity contribution in [1.29, 1.82) is 0 Å². The number of aromatic nitrogens is 3. The number of nitrogen functional groups attached to an aromatic ring is 1. The van der Waals surface area contributed by atoms with Crippen LogP contribution in [0.5, 0.6) is 0 Å². The van der Waals surface area contributed by atoms with E-state index in [9.17, 15) is 8.42 Å². The second kappa shape index (κ2) is 3.46. The van der Waals surface area contributed by atoms with Gasteiger partial charge in [-0.25, -0.2) is 18.1 Å². The Kier molecular flexibility index (Phi) is 2.39. The molecular formula is C7H12N4O3S. The van der Waals surface area contributed by atoms with Crippen molar-refractivity contribution in [1.82, 2.24) is 14.8 Å². The molecule has 8 heteroatoms. The minimum Gasteiger partial charge on any atom is -0.378 e. The summed E-state index contributed by atoms with van der Waals surface area (Å²) in [4.78, 5) is 3.76. The van der Waals surface area contributed by atoms with Crippen LogP contribution < -0.4 is 5.73 Å². The van der Waals surface area contributed by atoms with Crippen molar-refractivity contribution < 1.29 is 13.2 Å². The first-order valence-electron chi connectivity index (χ1n) is 4.41. The monoisotopic (exact) mass is 232 g/mol. The van der Waals surface area contributed by atoms with Crippen LogP contribution in [-0.2, 0) is 14.6 Å². The fourth-order valence-electron chi connectivity index (χ4n) is 1.72. The standard InChI is InChI=1S/C7H12N4O3S/c1-14-6-3-15(12,13)2-5(6)11-4-9-7(8)10-11/h4-6H,2-3H2,1H3,(H2,8,10). The van der Waals surface area contributed by atoms with Crippen LogP contribution in [-0.4, -0.2) is 47.9 Å².